The Morgan fingerprint density at radius 1 is 1.60 bits per heavy atom. The number of nitrogens with two attached hydrogens (primary N) is 1. The molecular formula is C10H18IN3S. The molecule has 0 aliphatic heterocycles. The van der Waals surface area contributed by atoms with Gasteiger partial charge in [-0.2, -0.15) is 0 Å². The van der Waals surface area contributed by atoms with Crippen LogP contribution in [0.25, 0.3) is 0 Å². The lowest BCUT2D eigenvalue weighted by molar-refractivity contribution is 0.522. The van der Waals surface area contributed by atoms with Crippen molar-refractivity contribution in [1.82, 2.24) is 5.32 Å². The predicted molar refractivity (Wildman–Crippen MR) is 78.3 cm³/mol. The molecule has 0 spiro atoms. The maximum absolute atomic E-state index is 5.58. The average Bonchev–Trinajstić information content (AvgIpc) is 2.67. The van der Waals surface area contributed by atoms with Gasteiger partial charge in [0.2, 0.25) is 0 Å². The molecular weight excluding hydrogens is 321 g/mol. The van der Waals surface area contributed by atoms with E-state index < -0.39 is 0 Å². The van der Waals surface area contributed by atoms with E-state index in [4.69, 9.17) is 5.73 Å². The fourth-order valence-electron chi connectivity index (χ4n) is 1.14. The van der Waals surface area contributed by atoms with Crippen LogP contribution in [0.3, 0.4) is 0 Å². The van der Waals surface area contributed by atoms with Gasteiger partial charge in [0.15, 0.2) is 5.96 Å². The molecule has 86 valence electrons. The molecule has 0 unspecified atom stereocenters. The van der Waals surface area contributed by atoms with Crippen LogP contribution in [-0.2, 0) is 5.41 Å². The van der Waals surface area contributed by atoms with E-state index >= 15 is 0 Å². The van der Waals surface area contributed by atoms with Crippen molar-refractivity contribution < 1.29 is 0 Å². The number of aliphatic imine (C=N–C) groups is 1. The number of halogens is 1. The summed E-state index contributed by atoms with van der Waals surface area (Å²) in [6, 6.07) is 4.21. The third-order valence-electron chi connectivity index (χ3n) is 2.14. The van der Waals surface area contributed by atoms with E-state index in [-0.39, 0.29) is 29.4 Å². The number of nitrogens with one attached hydrogen (secondary N) is 1. The molecule has 1 aromatic heterocycles. The molecule has 0 atom stereocenters. The molecule has 1 aromatic rings. The monoisotopic (exact) mass is 339 g/mol. The second-order valence-corrected chi connectivity index (χ2v) is 4.77. The van der Waals surface area contributed by atoms with Crippen molar-refractivity contribution in [3.8, 4) is 0 Å². The lowest BCUT2D eigenvalue weighted by Gasteiger charge is -2.23. The van der Waals surface area contributed by atoms with E-state index in [0.29, 0.717) is 5.96 Å². The highest BCUT2D eigenvalue weighted by molar-refractivity contribution is 14.0. The summed E-state index contributed by atoms with van der Waals surface area (Å²) in [5.74, 6) is 0.495. The lowest BCUT2D eigenvalue weighted by Crippen LogP contribution is -2.40. The first-order chi connectivity index (χ1) is 6.56. The molecule has 3 N–H and O–H groups in total. The van der Waals surface area contributed by atoms with Crippen molar-refractivity contribution in [2.24, 2.45) is 10.7 Å². The Morgan fingerprint density at radius 2 is 2.27 bits per heavy atom. The van der Waals surface area contributed by atoms with E-state index in [9.17, 15) is 0 Å². The van der Waals surface area contributed by atoms with Crippen LogP contribution in [0.15, 0.2) is 22.5 Å². The molecule has 0 saturated carbocycles. The van der Waals surface area contributed by atoms with Gasteiger partial charge < -0.3 is 11.1 Å². The van der Waals surface area contributed by atoms with Crippen molar-refractivity contribution >= 4 is 41.3 Å². The molecule has 0 aliphatic carbocycles. The molecule has 0 saturated heterocycles. The molecule has 5 heteroatoms. The van der Waals surface area contributed by atoms with Crippen molar-refractivity contribution in [3.05, 3.63) is 22.4 Å². The summed E-state index contributed by atoms with van der Waals surface area (Å²) >= 11 is 1.77. The highest BCUT2D eigenvalue weighted by atomic mass is 127. The normalized spacial score (nSPS) is 12.1. The Morgan fingerprint density at radius 3 is 2.73 bits per heavy atom. The van der Waals surface area contributed by atoms with Gasteiger partial charge in [0.05, 0.1) is 0 Å². The van der Waals surface area contributed by atoms with Crippen molar-refractivity contribution in [2.75, 3.05) is 13.6 Å². The fraction of sp³-hybridized carbons (Fsp3) is 0.500. The molecule has 0 amide bonds. The lowest BCUT2D eigenvalue weighted by atomic mass is 9.91. The quantitative estimate of drug-likeness (QED) is 0.504. The van der Waals surface area contributed by atoms with Crippen LogP contribution in [0.5, 0.6) is 0 Å². The number of rotatable bonds is 3. The third-order valence-corrected chi connectivity index (χ3v) is 3.38. The van der Waals surface area contributed by atoms with Gasteiger partial charge in [0.1, 0.15) is 0 Å². The van der Waals surface area contributed by atoms with Crippen LogP contribution in [-0.4, -0.2) is 19.6 Å². The second kappa shape index (κ2) is 6.32. The largest absolute Gasteiger partial charge is 0.370 e. The molecule has 1 rings (SSSR count). The number of thiophene rings is 1. The fourth-order valence-corrected chi connectivity index (χ4v) is 1.99. The van der Waals surface area contributed by atoms with Gasteiger partial charge in [-0.3, -0.25) is 4.99 Å². The number of hydrogen-bond donors (Lipinski definition) is 2. The van der Waals surface area contributed by atoms with E-state index in [1.807, 2.05) is 0 Å². The SMILES string of the molecule is CN=C(N)NCC(C)(C)c1cccs1.I. The average molecular weight is 339 g/mol. The maximum atomic E-state index is 5.58. The predicted octanol–water partition coefficient (Wildman–Crippen LogP) is 2.18. The minimum atomic E-state index is 0. The van der Waals surface area contributed by atoms with Crippen molar-refractivity contribution in [2.45, 2.75) is 19.3 Å². The van der Waals surface area contributed by atoms with Gasteiger partial charge in [-0.25, -0.2) is 0 Å². The Kier molecular flexibility index (Phi) is 6.19. The Balaban J connectivity index is 0.00000196. The Bertz CT molecular complexity index is 306. The summed E-state index contributed by atoms with van der Waals surface area (Å²) in [6.45, 7) is 5.18. The molecule has 0 fully saturated rings. The Labute approximate surface area is 112 Å². The first-order valence-electron chi connectivity index (χ1n) is 4.56. The highest BCUT2D eigenvalue weighted by Gasteiger charge is 2.21. The first-order valence-corrected chi connectivity index (χ1v) is 5.44. The van der Waals surface area contributed by atoms with Gasteiger partial charge in [-0.15, -0.1) is 35.3 Å². The second-order valence-electron chi connectivity index (χ2n) is 3.82. The van der Waals surface area contributed by atoms with E-state index in [1.54, 1.807) is 18.4 Å². The number of nitrogens with zero attached hydrogens (tertiary/aromatic N) is 1. The molecule has 0 radical (unpaired) electrons. The van der Waals surface area contributed by atoms with Gasteiger partial charge in [-0.1, -0.05) is 19.9 Å². The van der Waals surface area contributed by atoms with Crippen LogP contribution in [0, 0.1) is 0 Å². The maximum Gasteiger partial charge on any atom is 0.188 e. The molecule has 0 aliphatic rings. The van der Waals surface area contributed by atoms with Crippen molar-refractivity contribution in [3.63, 3.8) is 0 Å². The van der Waals surface area contributed by atoms with E-state index in [1.165, 1.54) is 4.88 Å². The van der Waals surface area contributed by atoms with Crippen molar-refractivity contribution in [1.29, 1.82) is 0 Å². The minimum absolute atomic E-state index is 0. The molecule has 0 bridgehead atoms. The van der Waals surface area contributed by atoms with Gasteiger partial charge in [0, 0.05) is 23.9 Å². The zero-order valence-electron chi connectivity index (χ0n) is 9.28. The molecule has 0 aromatic carbocycles. The summed E-state index contributed by atoms with van der Waals surface area (Å²) in [5.41, 5.74) is 5.68. The minimum Gasteiger partial charge on any atom is -0.370 e. The topological polar surface area (TPSA) is 50.4 Å². The molecule has 3 nitrogen and oxygen atoms in total. The zero-order chi connectivity index (χ0) is 10.6. The standard InChI is InChI=1S/C10H17N3S.HI/c1-10(2,7-13-9(11)12-3)8-5-4-6-14-8;/h4-6H,7H2,1-3H3,(H3,11,12,13);1H. The van der Waals surface area contributed by atoms with Crippen LogP contribution in [0.1, 0.15) is 18.7 Å². The molecule has 15 heavy (non-hydrogen) atoms. The highest BCUT2D eigenvalue weighted by Crippen LogP contribution is 2.26. The first kappa shape index (κ1) is 14.7. The summed E-state index contributed by atoms with van der Waals surface area (Å²) in [4.78, 5) is 5.22. The Hall–Kier alpha value is -0.300. The van der Waals surface area contributed by atoms with E-state index in [0.717, 1.165) is 6.54 Å². The van der Waals surface area contributed by atoms with Crippen LogP contribution in [0.4, 0.5) is 0 Å². The van der Waals surface area contributed by atoms with Crippen LogP contribution < -0.4 is 11.1 Å². The third kappa shape index (κ3) is 4.38. The van der Waals surface area contributed by atoms with Crippen LogP contribution >= 0.6 is 35.3 Å². The summed E-state index contributed by atoms with van der Waals surface area (Å²) in [5, 5.41) is 5.19. The summed E-state index contributed by atoms with van der Waals surface area (Å²) in [6.07, 6.45) is 0. The number of guanidine groups is 1. The van der Waals surface area contributed by atoms with E-state index in [2.05, 4.69) is 41.7 Å². The smallest absolute Gasteiger partial charge is 0.188 e. The number of hydrogen-bond acceptors (Lipinski definition) is 2. The summed E-state index contributed by atoms with van der Waals surface area (Å²) in [7, 11) is 1.68. The molecule has 1 heterocycles. The van der Waals surface area contributed by atoms with Gasteiger partial charge in [-0.05, 0) is 11.4 Å². The van der Waals surface area contributed by atoms with Gasteiger partial charge in [0.25, 0.3) is 0 Å². The zero-order valence-corrected chi connectivity index (χ0v) is 12.4. The van der Waals surface area contributed by atoms with Crippen LogP contribution in [0.2, 0.25) is 0 Å². The van der Waals surface area contributed by atoms with Gasteiger partial charge >= 0.3 is 0 Å². The summed E-state index contributed by atoms with van der Waals surface area (Å²) < 4.78 is 0.